The predicted octanol–water partition coefficient (Wildman–Crippen LogP) is 3.59. The second-order valence-electron chi connectivity index (χ2n) is 6.46. The molecule has 0 radical (unpaired) electrons. The van der Waals surface area contributed by atoms with E-state index in [2.05, 4.69) is 20.8 Å². The summed E-state index contributed by atoms with van der Waals surface area (Å²) in [5.74, 6) is 0.816. The van der Waals surface area contributed by atoms with Crippen LogP contribution in [0.15, 0.2) is 45.8 Å². The van der Waals surface area contributed by atoms with Gasteiger partial charge in [-0.05, 0) is 61.4 Å². The summed E-state index contributed by atoms with van der Waals surface area (Å²) in [5, 5.41) is 0. The Morgan fingerprint density at radius 3 is 2.15 bits per heavy atom. The fourth-order valence-corrected chi connectivity index (χ4v) is 5.32. The Morgan fingerprint density at radius 1 is 0.962 bits per heavy atom. The van der Waals surface area contributed by atoms with Crippen molar-refractivity contribution in [3.05, 3.63) is 52.0 Å². The average molecular weight is 439 g/mol. The van der Waals surface area contributed by atoms with E-state index in [9.17, 15) is 8.42 Å². The number of benzene rings is 2. The van der Waals surface area contributed by atoms with Gasteiger partial charge in [0.05, 0.1) is 12.0 Å². The van der Waals surface area contributed by atoms with Gasteiger partial charge in [0, 0.05) is 36.3 Å². The van der Waals surface area contributed by atoms with E-state index in [4.69, 9.17) is 4.74 Å². The minimum atomic E-state index is -3.48. The molecule has 0 bridgehead atoms. The quantitative estimate of drug-likeness (QED) is 0.731. The van der Waals surface area contributed by atoms with Gasteiger partial charge in [-0.3, -0.25) is 0 Å². The maximum absolute atomic E-state index is 13.1. The molecule has 5 nitrogen and oxygen atoms in total. The minimum Gasteiger partial charge on any atom is -0.497 e. The first kappa shape index (κ1) is 19.2. The molecule has 0 unspecified atom stereocenters. The number of methoxy groups -OCH3 is 1. The maximum atomic E-state index is 13.1. The number of piperazine rings is 1. The smallest absolute Gasteiger partial charge is 0.243 e. The molecule has 1 aliphatic heterocycles. The second kappa shape index (κ2) is 7.58. The van der Waals surface area contributed by atoms with Crippen molar-refractivity contribution in [2.75, 3.05) is 38.2 Å². The van der Waals surface area contributed by atoms with Crippen LogP contribution in [0, 0.1) is 13.8 Å². The van der Waals surface area contributed by atoms with Gasteiger partial charge in [0.25, 0.3) is 0 Å². The Labute approximate surface area is 163 Å². The lowest BCUT2D eigenvalue weighted by atomic mass is 10.2. The number of hydrogen-bond donors (Lipinski definition) is 0. The summed E-state index contributed by atoms with van der Waals surface area (Å²) in [4.78, 5) is 2.60. The Kier molecular flexibility index (Phi) is 5.60. The van der Waals surface area contributed by atoms with Crippen LogP contribution in [0.5, 0.6) is 5.75 Å². The highest BCUT2D eigenvalue weighted by Gasteiger charge is 2.30. The largest absolute Gasteiger partial charge is 0.497 e. The van der Waals surface area contributed by atoms with Crippen molar-refractivity contribution < 1.29 is 13.2 Å². The first-order chi connectivity index (χ1) is 12.3. The molecule has 1 saturated heterocycles. The van der Waals surface area contributed by atoms with Gasteiger partial charge in [0.1, 0.15) is 5.75 Å². The molecule has 0 aliphatic carbocycles. The third-order valence-electron chi connectivity index (χ3n) is 4.75. The van der Waals surface area contributed by atoms with Crippen LogP contribution in [0.25, 0.3) is 0 Å². The summed E-state index contributed by atoms with van der Waals surface area (Å²) in [7, 11) is -1.84. The second-order valence-corrected chi connectivity index (χ2v) is 9.22. The molecule has 1 heterocycles. The number of hydrogen-bond acceptors (Lipinski definition) is 4. The first-order valence-corrected chi connectivity index (χ1v) is 10.7. The van der Waals surface area contributed by atoms with E-state index in [1.54, 1.807) is 17.5 Å². The van der Waals surface area contributed by atoms with Crippen LogP contribution in [0.1, 0.15) is 11.1 Å². The van der Waals surface area contributed by atoms with Crippen LogP contribution < -0.4 is 9.64 Å². The zero-order chi connectivity index (χ0) is 18.9. The zero-order valence-electron chi connectivity index (χ0n) is 15.2. The number of anilines is 1. The summed E-state index contributed by atoms with van der Waals surface area (Å²) in [5.41, 5.74) is 2.77. The predicted molar refractivity (Wildman–Crippen MR) is 108 cm³/mol. The highest BCUT2D eigenvalue weighted by molar-refractivity contribution is 9.10. The summed E-state index contributed by atoms with van der Waals surface area (Å²) >= 11 is 3.46. The average Bonchev–Trinajstić information content (AvgIpc) is 2.65. The van der Waals surface area contributed by atoms with E-state index in [0.717, 1.165) is 27.0 Å². The van der Waals surface area contributed by atoms with Crippen LogP contribution in [0.3, 0.4) is 0 Å². The van der Waals surface area contributed by atoms with Gasteiger partial charge >= 0.3 is 0 Å². The first-order valence-electron chi connectivity index (χ1n) is 8.49. The minimum absolute atomic E-state index is 0.399. The Morgan fingerprint density at radius 2 is 1.58 bits per heavy atom. The topological polar surface area (TPSA) is 49.9 Å². The SMILES string of the molecule is COc1ccc(N2CCN(S(=O)(=O)c3cc(C)c(Br)cc3C)CC2)cc1. The summed E-state index contributed by atoms with van der Waals surface area (Å²) in [6.07, 6.45) is 0. The van der Waals surface area contributed by atoms with Crippen LogP contribution in [0.2, 0.25) is 0 Å². The third kappa shape index (κ3) is 3.75. The molecule has 140 valence electrons. The van der Waals surface area contributed by atoms with Gasteiger partial charge in [-0.25, -0.2) is 8.42 Å². The van der Waals surface area contributed by atoms with Crippen LogP contribution in [-0.4, -0.2) is 46.0 Å². The van der Waals surface area contributed by atoms with Gasteiger partial charge in [-0.2, -0.15) is 4.31 Å². The molecule has 2 aromatic rings. The molecular formula is C19H23BrN2O3S. The van der Waals surface area contributed by atoms with E-state index in [-0.39, 0.29) is 0 Å². The highest BCUT2D eigenvalue weighted by atomic mass is 79.9. The number of nitrogens with zero attached hydrogens (tertiary/aromatic N) is 2. The van der Waals surface area contributed by atoms with Crippen molar-refractivity contribution in [1.29, 1.82) is 0 Å². The molecule has 7 heteroatoms. The summed E-state index contributed by atoms with van der Waals surface area (Å²) < 4.78 is 33.8. The monoisotopic (exact) mass is 438 g/mol. The van der Waals surface area contributed by atoms with E-state index < -0.39 is 10.0 Å². The Balaban J connectivity index is 1.75. The maximum Gasteiger partial charge on any atom is 0.243 e. The number of ether oxygens (including phenoxy) is 1. The standard InChI is InChI=1S/C19H23BrN2O3S/c1-14-13-19(15(2)12-18(14)20)26(23,24)22-10-8-21(9-11-22)16-4-6-17(25-3)7-5-16/h4-7,12-13H,8-11H2,1-3H3. The molecule has 0 amide bonds. The summed E-state index contributed by atoms with van der Waals surface area (Å²) in [6, 6.07) is 11.5. The van der Waals surface area contributed by atoms with Gasteiger partial charge in [0.2, 0.25) is 10.0 Å². The fraction of sp³-hybridized carbons (Fsp3) is 0.368. The van der Waals surface area contributed by atoms with Crippen LogP contribution in [-0.2, 0) is 10.0 Å². The van der Waals surface area contributed by atoms with E-state index in [0.29, 0.717) is 31.1 Å². The Bertz CT molecular complexity index is 890. The molecule has 1 fully saturated rings. The molecule has 0 atom stereocenters. The van der Waals surface area contributed by atoms with E-state index in [1.165, 1.54) is 0 Å². The van der Waals surface area contributed by atoms with E-state index >= 15 is 0 Å². The Hall–Kier alpha value is -1.57. The lowest BCUT2D eigenvalue weighted by Gasteiger charge is -2.35. The van der Waals surface area contributed by atoms with Crippen molar-refractivity contribution in [3.8, 4) is 5.75 Å². The fourth-order valence-electron chi connectivity index (χ4n) is 3.15. The number of rotatable bonds is 4. The number of aryl methyl sites for hydroxylation is 2. The lowest BCUT2D eigenvalue weighted by molar-refractivity contribution is 0.384. The van der Waals surface area contributed by atoms with Crippen molar-refractivity contribution in [2.24, 2.45) is 0 Å². The normalized spacial score (nSPS) is 15.9. The van der Waals surface area contributed by atoms with Gasteiger partial charge in [-0.1, -0.05) is 15.9 Å². The molecule has 0 spiro atoms. The van der Waals surface area contributed by atoms with Crippen molar-refractivity contribution in [1.82, 2.24) is 4.31 Å². The van der Waals surface area contributed by atoms with Gasteiger partial charge in [-0.15, -0.1) is 0 Å². The van der Waals surface area contributed by atoms with Gasteiger partial charge in [0.15, 0.2) is 0 Å². The zero-order valence-corrected chi connectivity index (χ0v) is 17.6. The highest BCUT2D eigenvalue weighted by Crippen LogP contribution is 2.28. The molecule has 26 heavy (non-hydrogen) atoms. The van der Waals surface area contributed by atoms with Gasteiger partial charge < -0.3 is 9.64 Å². The molecule has 0 aromatic heterocycles. The number of sulfonamides is 1. The van der Waals surface area contributed by atoms with E-state index in [1.807, 2.05) is 44.2 Å². The molecular weight excluding hydrogens is 416 g/mol. The lowest BCUT2D eigenvalue weighted by Crippen LogP contribution is -2.48. The number of halogens is 1. The molecule has 3 rings (SSSR count). The third-order valence-corrected chi connectivity index (χ3v) is 7.65. The molecule has 0 saturated carbocycles. The summed E-state index contributed by atoms with van der Waals surface area (Å²) in [6.45, 7) is 6.03. The van der Waals surface area contributed by atoms with Crippen molar-refractivity contribution in [3.63, 3.8) is 0 Å². The molecule has 0 N–H and O–H groups in total. The van der Waals surface area contributed by atoms with Crippen molar-refractivity contribution in [2.45, 2.75) is 18.7 Å². The molecule has 1 aliphatic rings. The van der Waals surface area contributed by atoms with Crippen LogP contribution in [0.4, 0.5) is 5.69 Å². The van der Waals surface area contributed by atoms with Crippen molar-refractivity contribution >= 4 is 31.6 Å². The van der Waals surface area contributed by atoms with Crippen LogP contribution >= 0.6 is 15.9 Å². The molecule has 2 aromatic carbocycles.